The van der Waals surface area contributed by atoms with Crippen LogP contribution in [0, 0.1) is 62.3 Å². The minimum atomic E-state index is 0.210. The summed E-state index contributed by atoms with van der Waals surface area (Å²) in [6.45, 7) is 24.5. The molecule has 4 aromatic carbocycles. The van der Waals surface area contributed by atoms with Crippen LogP contribution >= 0.6 is 0 Å². The molecule has 0 aliphatic heterocycles. The summed E-state index contributed by atoms with van der Waals surface area (Å²) in [5.41, 5.74) is 15.8. The van der Waals surface area contributed by atoms with Gasteiger partial charge in [-0.3, -0.25) is 0 Å². The molecule has 0 bridgehead atoms. The molecule has 0 radical (unpaired) electrons. The second kappa shape index (κ2) is 11.8. The van der Waals surface area contributed by atoms with Crippen LogP contribution in [0.2, 0.25) is 13.1 Å². The summed E-state index contributed by atoms with van der Waals surface area (Å²) in [4.78, 5) is 0. The molecular formula is C31H40SiZr. The summed E-state index contributed by atoms with van der Waals surface area (Å²) < 4.78 is 0. The Morgan fingerprint density at radius 2 is 1.03 bits per heavy atom. The second-order valence-corrected chi connectivity index (χ2v) is 19.0. The van der Waals surface area contributed by atoms with Gasteiger partial charge in [-0.1, -0.05) is 94.1 Å². The van der Waals surface area contributed by atoms with Crippen molar-refractivity contribution < 1.29 is 23.3 Å². The summed E-state index contributed by atoms with van der Waals surface area (Å²) >= 11 is 1.74. The zero-order valence-corrected chi connectivity index (χ0v) is 26.0. The van der Waals surface area contributed by atoms with Crippen molar-refractivity contribution in [1.29, 1.82) is 0 Å². The Balaban J connectivity index is 0.000000246. The van der Waals surface area contributed by atoms with E-state index in [0.717, 1.165) is 0 Å². The average Bonchev–Trinajstić information content (AvgIpc) is 3.22. The summed E-state index contributed by atoms with van der Waals surface area (Å²) in [6, 6.07) is 15.3. The molecule has 0 aliphatic carbocycles. The quantitative estimate of drug-likeness (QED) is 0.170. The maximum absolute atomic E-state index is 2.35. The molecular weight excluding hydrogens is 492 g/mol. The molecule has 33 heavy (non-hydrogen) atoms. The van der Waals surface area contributed by atoms with E-state index in [9.17, 15) is 0 Å². The van der Waals surface area contributed by atoms with Crippen LogP contribution in [-0.4, -0.2) is 5.43 Å². The van der Waals surface area contributed by atoms with Gasteiger partial charge in [0.05, 0.1) is 0 Å². The molecule has 0 fully saturated rings. The molecule has 4 aromatic rings. The van der Waals surface area contributed by atoms with E-state index in [2.05, 4.69) is 118 Å². The van der Waals surface area contributed by atoms with Gasteiger partial charge in [0, 0.05) is 0 Å². The zero-order valence-electron chi connectivity index (χ0n) is 22.5. The third-order valence-corrected chi connectivity index (χ3v) is 6.98. The Labute approximate surface area is 217 Å². The molecule has 4 rings (SSSR count). The first-order valence-electron chi connectivity index (χ1n) is 11.8. The fraction of sp³-hybridized carbons (Fsp3) is 0.355. The van der Waals surface area contributed by atoms with Crippen molar-refractivity contribution in [3.05, 3.63) is 92.5 Å². The van der Waals surface area contributed by atoms with E-state index in [-0.39, 0.29) is 5.43 Å². The molecule has 0 atom stereocenters. The van der Waals surface area contributed by atoms with E-state index < -0.39 is 0 Å². The molecule has 172 valence electrons. The number of hydrogen-bond acceptors (Lipinski definition) is 0. The normalized spacial score (nSPS) is 10.5. The molecule has 2 heteroatoms. The van der Waals surface area contributed by atoms with E-state index in [1.807, 2.05) is 0 Å². The summed E-state index contributed by atoms with van der Waals surface area (Å²) in [5.74, 6) is 0. The van der Waals surface area contributed by atoms with Crippen LogP contribution in [0.4, 0.5) is 0 Å². The maximum atomic E-state index is 2.35. The predicted molar refractivity (Wildman–Crippen MR) is 147 cm³/mol. The van der Waals surface area contributed by atoms with Gasteiger partial charge in [-0.25, -0.2) is 0 Å². The van der Waals surface area contributed by atoms with Gasteiger partial charge in [0.1, 0.15) is 0 Å². The Hall–Kier alpha value is -1.50. The molecule has 0 aliphatic rings. The second-order valence-electron chi connectivity index (χ2n) is 9.62. The van der Waals surface area contributed by atoms with Crippen molar-refractivity contribution in [2.75, 3.05) is 0 Å². The van der Waals surface area contributed by atoms with Crippen molar-refractivity contribution in [1.82, 2.24) is 0 Å². The Morgan fingerprint density at radius 3 is 1.45 bits per heavy atom. The SMILES string of the molecule is C[Si](C)=[Zr+2].Cc1[cH-]c(C)c(C)c1C.Cc1[cH-]c2c(C)c(C)c(C)c(C)c2c1-c1ccccc1. The number of hydrogen-bond donors (Lipinski definition) is 0. The van der Waals surface area contributed by atoms with E-state index in [4.69, 9.17) is 0 Å². The van der Waals surface area contributed by atoms with Crippen LogP contribution in [0.1, 0.15) is 50.1 Å². The predicted octanol–water partition coefficient (Wildman–Crippen LogP) is 9.19. The molecule has 0 aromatic heterocycles. The largest absolute Gasteiger partial charge is 0.196 e. The third-order valence-electron chi connectivity index (χ3n) is 6.98. The van der Waals surface area contributed by atoms with E-state index >= 15 is 0 Å². The fourth-order valence-electron chi connectivity index (χ4n) is 4.44. The van der Waals surface area contributed by atoms with Gasteiger partial charge >= 0.3 is 41.9 Å². The molecule has 0 saturated heterocycles. The van der Waals surface area contributed by atoms with Gasteiger partial charge in [0.25, 0.3) is 0 Å². The topological polar surface area (TPSA) is 0 Å². The van der Waals surface area contributed by atoms with Crippen LogP contribution in [0.25, 0.3) is 21.9 Å². The molecule has 0 saturated carbocycles. The monoisotopic (exact) mass is 530 g/mol. The number of benzene rings is 2. The van der Waals surface area contributed by atoms with Crippen LogP contribution in [-0.2, 0) is 23.3 Å². The number of aryl methyl sites for hydroxylation is 5. The van der Waals surface area contributed by atoms with Crippen LogP contribution < -0.4 is 0 Å². The summed E-state index contributed by atoms with van der Waals surface area (Å²) in [6.07, 6.45) is 0. The molecule has 0 amide bonds. The molecule has 0 N–H and O–H groups in total. The minimum Gasteiger partial charge on any atom is -0.196 e. The van der Waals surface area contributed by atoms with Crippen LogP contribution in [0.5, 0.6) is 0 Å². The van der Waals surface area contributed by atoms with Crippen molar-refractivity contribution in [2.24, 2.45) is 0 Å². The first-order valence-corrected chi connectivity index (χ1v) is 18.0. The van der Waals surface area contributed by atoms with Gasteiger partial charge < -0.3 is 0 Å². The molecule has 0 nitrogen and oxygen atoms in total. The maximum Gasteiger partial charge on any atom is -0.0408 e. The first kappa shape index (κ1) is 27.7. The van der Waals surface area contributed by atoms with Gasteiger partial charge in [-0.15, -0.1) is 33.5 Å². The fourth-order valence-corrected chi connectivity index (χ4v) is 4.44. The summed E-state index contributed by atoms with van der Waals surface area (Å²) in [5, 5.41) is 2.86. The Bertz CT molecular complexity index is 1240. The number of fused-ring (bicyclic) bond motifs is 1. The minimum absolute atomic E-state index is 0.210. The first-order chi connectivity index (χ1) is 15.4. The van der Waals surface area contributed by atoms with Crippen molar-refractivity contribution in [3.8, 4) is 11.1 Å². The standard InChI is InChI=1S/C20H21.C9H13.C2H6Si.Zr/c1-12-11-18-15(4)13(2)14(3)16(5)20(18)19(12)17-9-7-6-8-10-17;1-6-5-7(2)9(4)8(6)3;1-3-2;/h6-11H,1-5H3;5H,1-4H3;1-2H3;/q2*-1;;+2. The van der Waals surface area contributed by atoms with Gasteiger partial charge in [0.15, 0.2) is 0 Å². The molecule has 0 spiro atoms. The van der Waals surface area contributed by atoms with Gasteiger partial charge in [-0.05, 0) is 20.8 Å². The van der Waals surface area contributed by atoms with E-state index in [0.29, 0.717) is 0 Å². The van der Waals surface area contributed by atoms with Crippen molar-refractivity contribution in [3.63, 3.8) is 0 Å². The van der Waals surface area contributed by atoms with Gasteiger partial charge in [0.2, 0.25) is 0 Å². The molecule has 0 heterocycles. The van der Waals surface area contributed by atoms with E-state index in [1.54, 1.807) is 23.3 Å². The Kier molecular flexibility index (Phi) is 9.89. The molecule has 0 unspecified atom stereocenters. The van der Waals surface area contributed by atoms with E-state index in [1.165, 1.54) is 72.0 Å². The third kappa shape index (κ3) is 6.34. The van der Waals surface area contributed by atoms with Crippen molar-refractivity contribution >= 4 is 16.2 Å². The van der Waals surface area contributed by atoms with Crippen molar-refractivity contribution in [2.45, 2.75) is 75.4 Å². The van der Waals surface area contributed by atoms with Gasteiger partial charge in [-0.2, -0.15) is 28.3 Å². The summed E-state index contributed by atoms with van der Waals surface area (Å²) in [7, 11) is 0. The smallest absolute Gasteiger partial charge is 0.0408 e. The zero-order chi connectivity index (χ0) is 25.0. The number of rotatable bonds is 1. The Morgan fingerprint density at radius 1 is 0.576 bits per heavy atom. The average molecular weight is 532 g/mol. The van der Waals surface area contributed by atoms with Crippen LogP contribution in [0.3, 0.4) is 0 Å². The van der Waals surface area contributed by atoms with Crippen LogP contribution in [0.15, 0.2) is 42.5 Å².